The van der Waals surface area contributed by atoms with Gasteiger partial charge in [-0.3, -0.25) is 9.69 Å². The number of thiocarbonyl (C=S) groups is 1. The van der Waals surface area contributed by atoms with Crippen molar-refractivity contribution in [3.8, 4) is 22.7 Å². The lowest BCUT2D eigenvalue weighted by Crippen LogP contribution is -2.36. The van der Waals surface area contributed by atoms with Gasteiger partial charge in [-0.15, -0.1) is 0 Å². The first kappa shape index (κ1) is 24.8. The number of carbonyl (C=O) groups is 1. The molecule has 5 nitrogen and oxygen atoms in total. The second-order valence-electron chi connectivity index (χ2n) is 9.38. The van der Waals surface area contributed by atoms with E-state index in [9.17, 15) is 4.79 Å². The number of amides is 1. The Kier molecular flexibility index (Phi) is 7.58. The average molecular weight is 518 g/mol. The van der Waals surface area contributed by atoms with E-state index in [0.29, 0.717) is 15.8 Å². The molecule has 0 spiro atoms. The number of benzene rings is 2. The predicted octanol–water partition coefficient (Wildman–Crippen LogP) is 7.17. The molecule has 2 aromatic carbocycles. The number of aromatic nitrogens is 2. The summed E-state index contributed by atoms with van der Waals surface area (Å²) in [5.74, 6) is 0.887. The van der Waals surface area contributed by atoms with Crippen molar-refractivity contribution in [2.24, 2.45) is 0 Å². The quantitative estimate of drug-likeness (QED) is 0.180. The van der Waals surface area contributed by atoms with Gasteiger partial charge in [0.1, 0.15) is 15.8 Å². The van der Waals surface area contributed by atoms with E-state index in [2.05, 4.69) is 26.0 Å². The van der Waals surface area contributed by atoms with Gasteiger partial charge in [-0.2, -0.15) is 5.10 Å². The van der Waals surface area contributed by atoms with Crippen LogP contribution in [0.2, 0.25) is 0 Å². The van der Waals surface area contributed by atoms with Crippen LogP contribution >= 0.6 is 24.0 Å². The summed E-state index contributed by atoms with van der Waals surface area (Å²) in [6, 6.07) is 16.4. The van der Waals surface area contributed by atoms with Crippen LogP contribution in [0.4, 0.5) is 0 Å². The van der Waals surface area contributed by atoms with E-state index >= 15 is 0 Å². The lowest BCUT2D eigenvalue weighted by molar-refractivity contribution is -0.123. The summed E-state index contributed by atoms with van der Waals surface area (Å²) in [6.45, 7) is 4.95. The Balaban J connectivity index is 1.52. The molecule has 1 amide bonds. The molecule has 36 heavy (non-hydrogen) atoms. The highest BCUT2D eigenvalue weighted by Crippen LogP contribution is 2.39. The molecule has 0 bridgehead atoms. The van der Waals surface area contributed by atoms with E-state index in [0.717, 1.165) is 72.3 Å². The van der Waals surface area contributed by atoms with Gasteiger partial charge in [0.2, 0.25) is 0 Å². The molecular formula is C29H31N3O2S2. The number of ether oxygens (including phenoxy) is 1. The minimum atomic E-state index is 0.0201. The normalized spacial score (nSPS) is 17.5. The van der Waals surface area contributed by atoms with Crippen LogP contribution in [0.3, 0.4) is 0 Å². The minimum absolute atomic E-state index is 0.0201. The monoisotopic (exact) mass is 517 g/mol. The fourth-order valence-corrected chi connectivity index (χ4v) is 6.23. The van der Waals surface area contributed by atoms with Gasteiger partial charge >= 0.3 is 0 Å². The molecule has 1 aliphatic heterocycles. The molecule has 3 aromatic rings. The Morgan fingerprint density at radius 2 is 1.94 bits per heavy atom. The highest BCUT2D eigenvalue weighted by Gasteiger charge is 2.38. The van der Waals surface area contributed by atoms with Gasteiger partial charge < -0.3 is 4.74 Å². The summed E-state index contributed by atoms with van der Waals surface area (Å²) in [6.07, 6.45) is 10.5. The third kappa shape index (κ3) is 5.13. The zero-order valence-corrected chi connectivity index (χ0v) is 22.4. The molecule has 0 atom stereocenters. The fourth-order valence-electron chi connectivity index (χ4n) is 4.84. The third-order valence-corrected chi connectivity index (χ3v) is 8.11. The number of thioether (sulfide) groups is 1. The Morgan fingerprint density at radius 3 is 2.67 bits per heavy atom. The minimum Gasteiger partial charge on any atom is -0.494 e. The number of para-hydroxylation sites is 1. The SMILES string of the molecule is CCCCOc1ccc(-c2nn(-c3ccccc3)cc2C=C2SC(=S)N(C3CCCC3)C2=O)c(C)c1. The molecule has 0 radical (unpaired) electrons. The first-order valence-electron chi connectivity index (χ1n) is 12.7. The van der Waals surface area contributed by atoms with Gasteiger partial charge in [0.15, 0.2) is 0 Å². The lowest BCUT2D eigenvalue weighted by atomic mass is 10.0. The molecular weight excluding hydrogens is 486 g/mol. The van der Waals surface area contributed by atoms with Crippen LogP contribution in [0.1, 0.15) is 56.6 Å². The largest absolute Gasteiger partial charge is 0.494 e. The highest BCUT2D eigenvalue weighted by molar-refractivity contribution is 8.26. The molecule has 1 aliphatic carbocycles. The number of hydrogen-bond donors (Lipinski definition) is 0. The molecule has 0 unspecified atom stereocenters. The van der Waals surface area contributed by atoms with Crippen molar-refractivity contribution in [2.75, 3.05) is 6.61 Å². The smallest absolute Gasteiger partial charge is 0.266 e. The second kappa shape index (κ2) is 11.0. The molecule has 2 heterocycles. The number of hydrogen-bond acceptors (Lipinski definition) is 5. The molecule has 7 heteroatoms. The Bertz CT molecular complexity index is 1290. The van der Waals surface area contributed by atoms with Crippen molar-refractivity contribution in [3.05, 3.63) is 70.8 Å². The molecule has 1 saturated heterocycles. The topological polar surface area (TPSA) is 47.4 Å². The van der Waals surface area contributed by atoms with Crippen molar-refractivity contribution < 1.29 is 9.53 Å². The first-order chi connectivity index (χ1) is 17.5. The summed E-state index contributed by atoms with van der Waals surface area (Å²) in [4.78, 5) is 15.9. The molecule has 5 rings (SSSR count). The van der Waals surface area contributed by atoms with E-state index in [1.165, 1.54) is 11.8 Å². The van der Waals surface area contributed by atoms with Crippen molar-refractivity contribution in [3.63, 3.8) is 0 Å². The van der Waals surface area contributed by atoms with Crippen LogP contribution in [0.25, 0.3) is 23.0 Å². The summed E-state index contributed by atoms with van der Waals surface area (Å²) in [5.41, 5.74) is 4.80. The molecule has 0 N–H and O–H groups in total. The zero-order chi connectivity index (χ0) is 25.1. The van der Waals surface area contributed by atoms with Gasteiger partial charge in [0.05, 0.1) is 17.2 Å². The molecule has 2 aliphatic rings. The van der Waals surface area contributed by atoms with E-state index in [1.807, 2.05) is 58.3 Å². The van der Waals surface area contributed by atoms with Crippen molar-refractivity contribution >= 4 is 40.3 Å². The maximum atomic E-state index is 13.4. The molecule has 1 saturated carbocycles. The third-order valence-electron chi connectivity index (χ3n) is 6.78. The first-order valence-corrected chi connectivity index (χ1v) is 13.9. The zero-order valence-electron chi connectivity index (χ0n) is 20.8. The van der Waals surface area contributed by atoms with Crippen molar-refractivity contribution in [1.82, 2.24) is 14.7 Å². The van der Waals surface area contributed by atoms with Crippen LogP contribution in [-0.4, -0.2) is 37.6 Å². The second-order valence-corrected chi connectivity index (χ2v) is 11.1. The maximum Gasteiger partial charge on any atom is 0.266 e. The Labute approximate surface area is 222 Å². The Morgan fingerprint density at radius 1 is 1.17 bits per heavy atom. The number of nitrogens with zero attached hydrogens (tertiary/aromatic N) is 3. The van der Waals surface area contributed by atoms with E-state index < -0.39 is 0 Å². The van der Waals surface area contributed by atoms with Crippen molar-refractivity contribution in [1.29, 1.82) is 0 Å². The lowest BCUT2D eigenvalue weighted by Gasteiger charge is -2.21. The van der Waals surface area contributed by atoms with Crippen LogP contribution in [0.5, 0.6) is 5.75 Å². The van der Waals surface area contributed by atoms with Gasteiger partial charge in [0.25, 0.3) is 5.91 Å². The molecule has 1 aromatic heterocycles. The van der Waals surface area contributed by atoms with Gasteiger partial charge in [-0.1, -0.05) is 68.4 Å². The number of carbonyl (C=O) groups excluding carboxylic acids is 1. The summed E-state index contributed by atoms with van der Waals surface area (Å²) in [5, 5.41) is 4.96. The fraction of sp³-hybridized carbons (Fsp3) is 0.345. The van der Waals surface area contributed by atoms with Gasteiger partial charge in [0, 0.05) is 23.4 Å². The highest BCUT2D eigenvalue weighted by atomic mass is 32.2. The number of aryl methyl sites for hydroxylation is 1. The number of rotatable bonds is 8. The van der Waals surface area contributed by atoms with E-state index in [4.69, 9.17) is 22.1 Å². The van der Waals surface area contributed by atoms with Gasteiger partial charge in [-0.05, 0) is 68.2 Å². The maximum absolute atomic E-state index is 13.4. The summed E-state index contributed by atoms with van der Waals surface area (Å²) < 4.78 is 8.46. The van der Waals surface area contributed by atoms with E-state index in [-0.39, 0.29) is 11.9 Å². The number of unbranched alkanes of at least 4 members (excludes halogenated alkanes) is 1. The standard InChI is InChI=1S/C29H31N3O2S2/c1-3-4-16-34-24-14-15-25(20(2)17-24)27-21(19-31(30-27)22-10-6-5-7-11-22)18-26-28(33)32(29(35)36-26)23-12-8-9-13-23/h5-7,10-11,14-15,17-19,23H,3-4,8-9,12-13,16H2,1-2H3. The van der Waals surface area contributed by atoms with Crippen molar-refractivity contribution in [2.45, 2.75) is 58.4 Å². The molecule has 2 fully saturated rings. The van der Waals surface area contributed by atoms with E-state index in [1.54, 1.807) is 0 Å². The predicted molar refractivity (Wildman–Crippen MR) is 151 cm³/mol. The van der Waals surface area contributed by atoms with Crippen LogP contribution < -0.4 is 4.74 Å². The van der Waals surface area contributed by atoms with Gasteiger partial charge in [-0.25, -0.2) is 4.68 Å². The Hall–Kier alpha value is -2.90. The van der Waals surface area contributed by atoms with Crippen LogP contribution in [0.15, 0.2) is 59.6 Å². The molecule has 186 valence electrons. The van der Waals surface area contributed by atoms with Crippen LogP contribution in [-0.2, 0) is 4.79 Å². The average Bonchev–Trinajstić information content (AvgIpc) is 3.61. The summed E-state index contributed by atoms with van der Waals surface area (Å²) in [7, 11) is 0. The van der Waals surface area contributed by atoms with Crippen LogP contribution in [0, 0.1) is 6.92 Å². The summed E-state index contributed by atoms with van der Waals surface area (Å²) >= 11 is 7.03.